The molecule has 0 unspecified atom stereocenters. The third kappa shape index (κ3) is 2.30. The maximum atomic E-state index is 12.6. The van der Waals surface area contributed by atoms with Gasteiger partial charge in [-0.3, -0.25) is 9.59 Å². The molecular weight excluding hydrogens is 254 g/mol. The maximum Gasteiger partial charge on any atom is 0.315 e. The van der Waals surface area contributed by atoms with E-state index in [4.69, 9.17) is 4.74 Å². The maximum absolute atomic E-state index is 12.6. The molecule has 2 atom stereocenters. The second-order valence-electron chi connectivity index (χ2n) is 5.04. The van der Waals surface area contributed by atoms with Crippen molar-refractivity contribution in [3.8, 4) is 0 Å². The zero-order chi connectivity index (χ0) is 14.7. The van der Waals surface area contributed by atoms with Crippen LogP contribution in [0, 0.1) is 0 Å². The summed E-state index contributed by atoms with van der Waals surface area (Å²) in [6.07, 6.45) is 1.72. The molecule has 0 aliphatic carbocycles. The standard InChI is InChI=1S/C16H21NO3/c1-4-8-13-14(16(19)20-3)11-9-6-7-10-12(11)15(18)17(13)5-2/h6-7,9-10,13-14H,4-5,8H2,1-3H3/t13-,14+/m0/s1. The summed E-state index contributed by atoms with van der Waals surface area (Å²) >= 11 is 0. The SMILES string of the molecule is CCC[C@H]1[C@H](C(=O)OC)c2ccccc2C(=O)N1CC. The van der Waals surface area contributed by atoms with Gasteiger partial charge in [-0.05, 0) is 25.0 Å². The molecule has 0 saturated heterocycles. The molecule has 1 heterocycles. The van der Waals surface area contributed by atoms with Gasteiger partial charge in [0.25, 0.3) is 5.91 Å². The molecule has 1 aliphatic rings. The van der Waals surface area contributed by atoms with Crippen molar-refractivity contribution in [3.05, 3.63) is 35.4 Å². The van der Waals surface area contributed by atoms with Gasteiger partial charge in [-0.15, -0.1) is 0 Å². The number of benzene rings is 1. The van der Waals surface area contributed by atoms with E-state index < -0.39 is 0 Å². The molecule has 108 valence electrons. The van der Waals surface area contributed by atoms with Crippen molar-refractivity contribution in [2.45, 2.75) is 38.6 Å². The molecule has 1 aromatic carbocycles. The third-order valence-corrected chi connectivity index (χ3v) is 3.95. The summed E-state index contributed by atoms with van der Waals surface area (Å²) in [6.45, 7) is 4.61. The Morgan fingerprint density at radius 1 is 1.30 bits per heavy atom. The number of amides is 1. The fraction of sp³-hybridized carbons (Fsp3) is 0.500. The monoisotopic (exact) mass is 275 g/mol. The van der Waals surface area contributed by atoms with Gasteiger partial charge in [0.1, 0.15) is 5.92 Å². The van der Waals surface area contributed by atoms with Crippen LogP contribution in [0.15, 0.2) is 24.3 Å². The topological polar surface area (TPSA) is 46.6 Å². The highest BCUT2D eigenvalue weighted by molar-refractivity contribution is 6.00. The van der Waals surface area contributed by atoms with Crippen LogP contribution in [0.3, 0.4) is 0 Å². The largest absolute Gasteiger partial charge is 0.468 e. The summed E-state index contributed by atoms with van der Waals surface area (Å²) in [5.74, 6) is -0.627. The van der Waals surface area contributed by atoms with E-state index in [1.807, 2.05) is 25.1 Å². The van der Waals surface area contributed by atoms with E-state index in [0.29, 0.717) is 12.1 Å². The first-order chi connectivity index (χ1) is 9.65. The van der Waals surface area contributed by atoms with Gasteiger partial charge >= 0.3 is 5.97 Å². The van der Waals surface area contributed by atoms with Crippen molar-refractivity contribution in [3.63, 3.8) is 0 Å². The molecule has 4 nitrogen and oxygen atoms in total. The molecule has 2 rings (SSSR count). The van der Waals surface area contributed by atoms with Crippen LogP contribution >= 0.6 is 0 Å². The molecule has 4 heteroatoms. The van der Waals surface area contributed by atoms with Crippen molar-refractivity contribution in [2.24, 2.45) is 0 Å². The fourth-order valence-corrected chi connectivity index (χ4v) is 3.06. The quantitative estimate of drug-likeness (QED) is 0.793. The average molecular weight is 275 g/mol. The molecule has 0 saturated carbocycles. The molecule has 0 radical (unpaired) electrons. The van der Waals surface area contributed by atoms with Crippen LogP contribution in [0.5, 0.6) is 0 Å². The third-order valence-electron chi connectivity index (χ3n) is 3.95. The van der Waals surface area contributed by atoms with Crippen LogP contribution in [-0.4, -0.2) is 36.5 Å². The van der Waals surface area contributed by atoms with E-state index in [0.717, 1.165) is 18.4 Å². The number of carbonyl (C=O) groups is 2. The van der Waals surface area contributed by atoms with Crippen LogP contribution in [0.4, 0.5) is 0 Å². The van der Waals surface area contributed by atoms with Crippen molar-refractivity contribution < 1.29 is 14.3 Å². The number of methoxy groups -OCH3 is 1. The van der Waals surface area contributed by atoms with Crippen LogP contribution in [0.2, 0.25) is 0 Å². The lowest BCUT2D eigenvalue weighted by Crippen LogP contribution is -2.50. The molecular formula is C16H21NO3. The Hall–Kier alpha value is -1.84. The first-order valence-corrected chi connectivity index (χ1v) is 7.13. The van der Waals surface area contributed by atoms with Crippen LogP contribution in [-0.2, 0) is 9.53 Å². The van der Waals surface area contributed by atoms with Crippen molar-refractivity contribution in [1.29, 1.82) is 0 Å². The predicted octanol–water partition coefficient (Wildman–Crippen LogP) is 2.59. The highest BCUT2D eigenvalue weighted by Gasteiger charge is 2.42. The summed E-state index contributed by atoms with van der Waals surface area (Å²) < 4.78 is 4.97. The average Bonchev–Trinajstić information content (AvgIpc) is 2.48. The van der Waals surface area contributed by atoms with Gasteiger partial charge in [-0.25, -0.2) is 0 Å². The Morgan fingerprint density at radius 3 is 2.60 bits per heavy atom. The lowest BCUT2D eigenvalue weighted by molar-refractivity contribution is -0.144. The van der Waals surface area contributed by atoms with E-state index in [2.05, 4.69) is 6.92 Å². The van der Waals surface area contributed by atoms with Gasteiger partial charge < -0.3 is 9.64 Å². The van der Waals surface area contributed by atoms with Crippen molar-refractivity contribution >= 4 is 11.9 Å². The summed E-state index contributed by atoms with van der Waals surface area (Å²) in [5, 5.41) is 0. The molecule has 1 aromatic rings. The predicted molar refractivity (Wildman–Crippen MR) is 76.6 cm³/mol. The lowest BCUT2D eigenvalue weighted by Gasteiger charge is -2.40. The minimum absolute atomic E-state index is 0.0155. The Kier molecular flexibility index (Phi) is 4.42. The second kappa shape index (κ2) is 6.07. The number of nitrogens with zero attached hydrogens (tertiary/aromatic N) is 1. The number of carbonyl (C=O) groups excluding carboxylic acids is 2. The molecule has 20 heavy (non-hydrogen) atoms. The number of rotatable bonds is 4. The zero-order valence-electron chi connectivity index (χ0n) is 12.3. The molecule has 1 amide bonds. The Balaban J connectivity index is 2.55. The minimum atomic E-state index is -0.381. The van der Waals surface area contributed by atoms with E-state index in [1.54, 1.807) is 11.0 Å². The molecule has 0 spiro atoms. The number of hydrogen-bond donors (Lipinski definition) is 0. The highest BCUT2D eigenvalue weighted by Crippen LogP contribution is 2.36. The molecule has 0 aromatic heterocycles. The molecule has 0 fully saturated rings. The van der Waals surface area contributed by atoms with Crippen LogP contribution < -0.4 is 0 Å². The second-order valence-corrected chi connectivity index (χ2v) is 5.04. The minimum Gasteiger partial charge on any atom is -0.468 e. The van der Waals surface area contributed by atoms with E-state index in [1.165, 1.54) is 7.11 Å². The summed E-state index contributed by atoms with van der Waals surface area (Å²) in [5.41, 5.74) is 1.42. The van der Waals surface area contributed by atoms with Gasteiger partial charge in [-0.1, -0.05) is 31.5 Å². The van der Waals surface area contributed by atoms with E-state index >= 15 is 0 Å². The number of hydrogen-bond acceptors (Lipinski definition) is 3. The number of fused-ring (bicyclic) bond motifs is 1. The van der Waals surface area contributed by atoms with Gasteiger partial charge in [0.05, 0.1) is 7.11 Å². The van der Waals surface area contributed by atoms with Gasteiger partial charge in [0.2, 0.25) is 0 Å². The van der Waals surface area contributed by atoms with Crippen molar-refractivity contribution in [2.75, 3.05) is 13.7 Å². The number of likely N-dealkylation sites (N-methyl/N-ethyl adjacent to an activating group) is 1. The number of ether oxygens (including phenoxy) is 1. The summed E-state index contributed by atoms with van der Waals surface area (Å²) in [7, 11) is 1.40. The smallest absolute Gasteiger partial charge is 0.315 e. The lowest BCUT2D eigenvalue weighted by atomic mass is 9.81. The molecule has 1 aliphatic heterocycles. The van der Waals surface area contributed by atoms with Gasteiger partial charge in [0.15, 0.2) is 0 Å². The summed E-state index contributed by atoms with van der Waals surface area (Å²) in [6, 6.07) is 7.24. The van der Waals surface area contributed by atoms with Crippen molar-refractivity contribution in [1.82, 2.24) is 4.90 Å². The summed E-state index contributed by atoms with van der Waals surface area (Å²) in [4.78, 5) is 26.6. The Bertz CT molecular complexity index is 512. The molecule has 0 N–H and O–H groups in total. The Morgan fingerprint density at radius 2 is 2.00 bits per heavy atom. The zero-order valence-corrected chi connectivity index (χ0v) is 12.3. The van der Waals surface area contributed by atoms with E-state index in [-0.39, 0.29) is 23.8 Å². The fourth-order valence-electron chi connectivity index (χ4n) is 3.06. The van der Waals surface area contributed by atoms with Crippen LogP contribution in [0.25, 0.3) is 0 Å². The molecule has 0 bridgehead atoms. The first kappa shape index (κ1) is 14.6. The van der Waals surface area contributed by atoms with Crippen LogP contribution in [0.1, 0.15) is 48.5 Å². The first-order valence-electron chi connectivity index (χ1n) is 7.13. The Labute approximate surface area is 119 Å². The van der Waals surface area contributed by atoms with Gasteiger partial charge in [-0.2, -0.15) is 0 Å². The normalized spacial score (nSPS) is 21.6. The number of esters is 1. The van der Waals surface area contributed by atoms with Gasteiger partial charge in [0, 0.05) is 18.2 Å². The van der Waals surface area contributed by atoms with E-state index in [9.17, 15) is 9.59 Å². The highest BCUT2D eigenvalue weighted by atomic mass is 16.5.